The van der Waals surface area contributed by atoms with Crippen molar-refractivity contribution in [3.63, 3.8) is 0 Å². The molecular weight excluding hydrogens is 395 g/mol. The Labute approximate surface area is 183 Å². The van der Waals surface area contributed by atoms with E-state index in [9.17, 15) is 9.50 Å². The first-order valence-electron chi connectivity index (χ1n) is 10.4. The number of phenolic OH excluding ortho intramolecular Hbond substituents is 1. The molecule has 168 valence electrons. The van der Waals surface area contributed by atoms with E-state index >= 15 is 0 Å². The molecule has 2 aromatic rings. The van der Waals surface area contributed by atoms with Gasteiger partial charge in [0.1, 0.15) is 11.6 Å². The lowest BCUT2D eigenvalue weighted by Gasteiger charge is -2.49. The van der Waals surface area contributed by atoms with Gasteiger partial charge in [-0.2, -0.15) is 5.10 Å². The van der Waals surface area contributed by atoms with Gasteiger partial charge in [-0.25, -0.2) is 4.39 Å². The van der Waals surface area contributed by atoms with Crippen LogP contribution in [-0.4, -0.2) is 44.4 Å². The van der Waals surface area contributed by atoms with Crippen molar-refractivity contribution >= 4 is 5.70 Å². The third-order valence-corrected chi connectivity index (χ3v) is 5.76. The number of allylic oxidation sites excluding steroid dienone is 2. The van der Waals surface area contributed by atoms with Gasteiger partial charge < -0.3 is 26.8 Å². The highest BCUT2D eigenvalue weighted by Crippen LogP contribution is 2.33. The molecule has 0 radical (unpaired) electrons. The van der Waals surface area contributed by atoms with Gasteiger partial charge in [-0.3, -0.25) is 5.10 Å². The average Bonchev–Trinajstić information content (AvgIpc) is 3.18. The number of aromatic nitrogens is 2. The van der Waals surface area contributed by atoms with E-state index in [1.807, 2.05) is 7.05 Å². The number of nitrogens with zero attached hydrogens (tertiary/aromatic N) is 2. The number of benzene rings is 1. The number of phenols is 1. The third-order valence-electron chi connectivity index (χ3n) is 5.76. The third kappa shape index (κ3) is 5.19. The first-order valence-corrected chi connectivity index (χ1v) is 10.4. The topological polar surface area (TPSA) is 116 Å². The minimum atomic E-state index is -0.501. The number of rotatable bonds is 5. The van der Waals surface area contributed by atoms with Gasteiger partial charge in [-0.05, 0) is 64.8 Å². The van der Waals surface area contributed by atoms with E-state index in [4.69, 9.17) is 11.5 Å². The second-order valence-electron chi connectivity index (χ2n) is 9.62. The molecule has 2 heterocycles. The van der Waals surface area contributed by atoms with Crippen LogP contribution in [0.5, 0.6) is 5.75 Å². The van der Waals surface area contributed by atoms with Crippen LogP contribution in [0.4, 0.5) is 4.39 Å². The van der Waals surface area contributed by atoms with Crippen LogP contribution in [0.25, 0.3) is 16.8 Å². The average molecular weight is 429 g/mol. The minimum absolute atomic E-state index is 0.00409. The van der Waals surface area contributed by atoms with Crippen LogP contribution in [0.15, 0.2) is 42.5 Å². The van der Waals surface area contributed by atoms with Gasteiger partial charge in [0.05, 0.1) is 12.0 Å². The number of halogens is 1. The molecule has 8 heteroatoms. The molecule has 7 N–H and O–H groups in total. The second kappa shape index (κ2) is 8.26. The molecule has 1 aromatic carbocycles. The van der Waals surface area contributed by atoms with Crippen molar-refractivity contribution in [2.45, 2.75) is 57.7 Å². The molecule has 3 rings (SSSR count). The molecule has 1 fully saturated rings. The normalized spacial score (nSPS) is 19.4. The summed E-state index contributed by atoms with van der Waals surface area (Å²) in [6.07, 6.45) is 8.22. The van der Waals surface area contributed by atoms with Crippen LogP contribution in [-0.2, 0) is 0 Å². The van der Waals surface area contributed by atoms with E-state index in [1.165, 1.54) is 18.3 Å². The monoisotopic (exact) mass is 428 g/mol. The number of piperidine rings is 1. The molecule has 0 amide bonds. The molecule has 1 aromatic heterocycles. The Morgan fingerprint density at radius 2 is 1.84 bits per heavy atom. The summed E-state index contributed by atoms with van der Waals surface area (Å²) in [7, 11) is 1.97. The molecule has 31 heavy (non-hydrogen) atoms. The van der Waals surface area contributed by atoms with Crippen LogP contribution in [0.3, 0.4) is 0 Å². The highest BCUT2D eigenvalue weighted by Gasteiger charge is 2.39. The van der Waals surface area contributed by atoms with E-state index in [0.29, 0.717) is 11.4 Å². The van der Waals surface area contributed by atoms with Gasteiger partial charge in [0.2, 0.25) is 0 Å². The first-order chi connectivity index (χ1) is 14.4. The molecule has 1 aliphatic heterocycles. The molecule has 0 saturated carbocycles. The van der Waals surface area contributed by atoms with Crippen LogP contribution >= 0.6 is 0 Å². The number of aromatic amines is 1. The summed E-state index contributed by atoms with van der Waals surface area (Å²) in [5.74, 6) is -0.0660. The second-order valence-corrected chi connectivity index (χ2v) is 9.62. The number of nitrogens with two attached hydrogens (primary N) is 2. The standard InChI is InChI=1S/C23H33FN6O/c1-22(2)10-15(11-23(3,4)29-22)30(5)21(26)7-6-19(25)17-8-18(24)16(9-20(17)31)14-12-27-28-13-14/h6-9,12-13,15,29,31H,10-11,25-26H2,1-5H3,(H,27,28)/b19-6-,21-7+. The number of aromatic hydroxyl groups is 1. The van der Waals surface area contributed by atoms with Crippen LogP contribution in [0, 0.1) is 5.82 Å². The Balaban J connectivity index is 1.81. The maximum Gasteiger partial charge on any atom is 0.132 e. The number of hydrogen-bond donors (Lipinski definition) is 5. The van der Waals surface area contributed by atoms with Crippen molar-refractivity contribution in [3.8, 4) is 16.9 Å². The zero-order valence-corrected chi connectivity index (χ0v) is 18.8. The fourth-order valence-corrected chi connectivity index (χ4v) is 4.55. The Hall–Kier alpha value is -3.00. The maximum absolute atomic E-state index is 14.6. The summed E-state index contributed by atoms with van der Waals surface area (Å²) >= 11 is 0. The molecule has 1 aliphatic rings. The number of H-pyrrole nitrogens is 1. The highest BCUT2D eigenvalue weighted by atomic mass is 19.1. The zero-order chi connectivity index (χ0) is 23.0. The lowest BCUT2D eigenvalue weighted by molar-refractivity contribution is 0.0981. The molecule has 7 nitrogen and oxygen atoms in total. The lowest BCUT2D eigenvalue weighted by Crippen LogP contribution is -2.61. The van der Waals surface area contributed by atoms with Crippen molar-refractivity contribution in [2.75, 3.05) is 7.05 Å². The van der Waals surface area contributed by atoms with Crippen molar-refractivity contribution in [3.05, 3.63) is 53.9 Å². The Bertz CT molecular complexity index is 978. The number of hydrogen-bond acceptors (Lipinski definition) is 6. The predicted octanol–water partition coefficient (Wildman–Crippen LogP) is 3.26. The SMILES string of the molecule is CN(/C(N)=C/C=C(\N)c1cc(F)c(-c2cn[nH]c2)cc1O)C1CC(C)(C)NC(C)(C)C1. The summed E-state index contributed by atoms with van der Waals surface area (Å²) in [5, 5.41) is 20.5. The molecule has 0 atom stereocenters. The van der Waals surface area contributed by atoms with Crippen LogP contribution < -0.4 is 16.8 Å². The first kappa shape index (κ1) is 22.7. The van der Waals surface area contributed by atoms with E-state index in [1.54, 1.807) is 18.3 Å². The lowest BCUT2D eigenvalue weighted by atomic mass is 9.79. The van der Waals surface area contributed by atoms with E-state index in [-0.39, 0.29) is 39.7 Å². The quantitative estimate of drug-likeness (QED) is 0.467. The van der Waals surface area contributed by atoms with Gasteiger partial charge in [0, 0.05) is 52.8 Å². The smallest absolute Gasteiger partial charge is 0.132 e. The van der Waals surface area contributed by atoms with Crippen molar-refractivity contribution in [1.29, 1.82) is 0 Å². The molecule has 0 unspecified atom stereocenters. The largest absolute Gasteiger partial charge is 0.507 e. The van der Waals surface area contributed by atoms with Gasteiger partial charge >= 0.3 is 0 Å². The minimum Gasteiger partial charge on any atom is -0.507 e. The maximum atomic E-state index is 14.6. The van der Waals surface area contributed by atoms with Gasteiger partial charge in [0.25, 0.3) is 0 Å². The van der Waals surface area contributed by atoms with E-state index < -0.39 is 5.82 Å². The zero-order valence-electron chi connectivity index (χ0n) is 18.8. The summed E-state index contributed by atoms with van der Waals surface area (Å²) in [6, 6.07) is 2.82. The number of nitrogens with one attached hydrogen (secondary N) is 2. The highest BCUT2D eigenvalue weighted by molar-refractivity contribution is 5.74. The molecular formula is C23H33FN6O. The van der Waals surface area contributed by atoms with E-state index in [2.05, 4.69) is 48.1 Å². The Kier molecular flexibility index (Phi) is 6.04. The molecule has 0 spiro atoms. The van der Waals surface area contributed by atoms with Gasteiger partial charge in [0.15, 0.2) is 0 Å². The van der Waals surface area contributed by atoms with Crippen molar-refractivity contribution < 1.29 is 9.50 Å². The van der Waals surface area contributed by atoms with Crippen LogP contribution in [0.2, 0.25) is 0 Å². The molecule has 1 saturated heterocycles. The fraction of sp³-hybridized carbons (Fsp3) is 0.435. The van der Waals surface area contributed by atoms with E-state index in [0.717, 1.165) is 12.8 Å². The van der Waals surface area contributed by atoms with Gasteiger partial charge in [-0.15, -0.1) is 0 Å². The summed E-state index contributed by atoms with van der Waals surface area (Å²) in [5.41, 5.74) is 13.7. The predicted molar refractivity (Wildman–Crippen MR) is 122 cm³/mol. The summed E-state index contributed by atoms with van der Waals surface area (Å²) in [6.45, 7) is 8.77. The van der Waals surface area contributed by atoms with Gasteiger partial charge in [-0.1, -0.05) is 0 Å². The fourth-order valence-electron chi connectivity index (χ4n) is 4.55. The molecule has 0 aliphatic carbocycles. The van der Waals surface area contributed by atoms with Crippen LogP contribution in [0.1, 0.15) is 46.1 Å². The summed E-state index contributed by atoms with van der Waals surface area (Å²) in [4.78, 5) is 2.05. The van der Waals surface area contributed by atoms with Crippen molar-refractivity contribution in [1.82, 2.24) is 20.4 Å². The Morgan fingerprint density at radius 3 is 2.42 bits per heavy atom. The molecule has 0 bridgehead atoms. The Morgan fingerprint density at radius 1 is 1.19 bits per heavy atom. The summed E-state index contributed by atoms with van der Waals surface area (Å²) < 4.78 is 14.6. The van der Waals surface area contributed by atoms with Crippen molar-refractivity contribution in [2.24, 2.45) is 11.5 Å².